The van der Waals surface area contributed by atoms with Gasteiger partial charge in [-0.05, 0) is 44.5 Å². The van der Waals surface area contributed by atoms with Crippen LogP contribution in [0.25, 0.3) is 0 Å². The molecule has 0 aliphatic carbocycles. The highest BCUT2D eigenvalue weighted by atomic mass is 35.5. The maximum absolute atomic E-state index is 6.11. The summed E-state index contributed by atoms with van der Waals surface area (Å²) in [6.45, 7) is 9.08. The summed E-state index contributed by atoms with van der Waals surface area (Å²) in [5.74, 6) is 0. The lowest BCUT2D eigenvalue weighted by Gasteiger charge is -2.27. The van der Waals surface area contributed by atoms with Crippen LogP contribution in [0.5, 0.6) is 0 Å². The van der Waals surface area contributed by atoms with E-state index in [-0.39, 0.29) is 5.41 Å². The molecule has 0 radical (unpaired) electrons. The fraction of sp³-hybridized carbons (Fsp3) is 0.571. The lowest BCUT2D eigenvalue weighted by atomic mass is 9.82. The van der Waals surface area contributed by atoms with E-state index in [2.05, 4.69) is 31.7 Å². The monoisotopic (exact) mass is 271 g/mol. The lowest BCUT2D eigenvalue weighted by Crippen LogP contribution is -2.32. The molecule has 1 saturated heterocycles. The van der Waals surface area contributed by atoms with Crippen molar-refractivity contribution >= 4 is 23.2 Å². The first kappa shape index (κ1) is 13.2. The molecule has 1 fully saturated rings. The van der Waals surface area contributed by atoms with Crippen molar-refractivity contribution in [3.8, 4) is 0 Å². The van der Waals surface area contributed by atoms with Crippen molar-refractivity contribution < 1.29 is 0 Å². The van der Waals surface area contributed by atoms with Crippen LogP contribution in [0.2, 0.25) is 10.0 Å². The van der Waals surface area contributed by atoms with Crippen LogP contribution in [0.4, 0.5) is 0 Å². The van der Waals surface area contributed by atoms with Crippen molar-refractivity contribution in [2.75, 3.05) is 13.1 Å². The zero-order valence-corrected chi connectivity index (χ0v) is 12.1. The van der Waals surface area contributed by atoms with Crippen LogP contribution in [-0.4, -0.2) is 24.0 Å². The van der Waals surface area contributed by atoms with E-state index in [1.165, 1.54) is 12.0 Å². The number of likely N-dealkylation sites (tertiary alicyclic amines) is 1. The number of hydrogen-bond acceptors (Lipinski definition) is 1. The Kier molecular flexibility index (Phi) is 3.72. The first-order valence-electron chi connectivity index (χ1n) is 6.12. The zero-order chi connectivity index (χ0) is 12.6. The minimum Gasteiger partial charge on any atom is -0.300 e. The summed E-state index contributed by atoms with van der Waals surface area (Å²) >= 11 is 12.1. The summed E-state index contributed by atoms with van der Waals surface area (Å²) in [5.41, 5.74) is 1.51. The van der Waals surface area contributed by atoms with Crippen LogP contribution in [0.3, 0.4) is 0 Å². The van der Waals surface area contributed by atoms with Gasteiger partial charge in [0.25, 0.3) is 0 Å². The standard InChI is InChI=1S/C14H19Cl2N/c1-10(2)17-7-6-14(3,9-17)11-4-5-12(15)13(16)8-11/h4-5,8,10H,6-7,9H2,1-3H3. The molecule has 1 atom stereocenters. The molecule has 1 aliphatic rings. The molecule has 2 rings (SSSR count). The molecule has 1 nitrogen and oxygen atoms in total. The molecule has 1 unspecified atom stereocenters. The summed E-state index contributed by atoms with van der Waals surface area (Å²) in [5, 5.41) is 1.30. The lowest BCUT2D eigenvalue weighted by molar-refractivity contribution is 0.260. The highest BCUT2D eigenvalue weighted by molar-refractivity contribution is 6.42. The molecule has 1 aromatic rings. The minimum atomic E-state index is 0.207. The molecule has 0 bridgehead atoms. The van der Waals surface area contributed by atoms with E-state index in [0.29, 0.717) is 16.1 Å². The van der Waals surface area contributed by atoms with Gasteiger partial charge in [0.1, 0.15) is 0 Å². The maximum Gasteiger partial charge on any atom is 0.0595 e. The predicted molar refractivity (Wildman–Crippen MR) is 75.1 cm³/mol. The number of nitrogens with zero attached hydrogens (tertiary/aromatic N) is 1. The molecule has 0 aromatic heterocycles. The normalized spacial score (nSPS) is 25.8. The van der Waals surface area contributed by atoms with Crippen LogP contribution >= 0.6 is 23.2 Å². The minimum absolute atomic E-state index is 0.207. The van der Waals surface area contributed by atoms with Crippen LogP contribution in [-0.2, 0) is 5.41 Å². The summed E-state index contributed by atoms with van der Waals surface area (Å²) in [4.78, 5) is 2.52. The quantitative estimate of drug-likeness (QED) is 0.773. The Balaban J connectivity index is 2.24. The van der Waals surface area contributed by atoms with Gasteiger partial charge >= 0.3 is 0 Å². The molecule has 3 heteroatoms. The third-order valence-corrected chi connectivity index (χ3v) is 4.59. The topological polar surface area (TPSA) is 3.24 Å². The van der Waals surface area contributed by atoms with Gasteiger partial charge in [-0.2, -0.15) is 0 Å². The zero-order valence-electron chi connectivity index (χ0n) is 10.6. The Morgan fingerprint density at radius 1 is 1.24 bits per heavy atom. The number of hydrogen-bond donors (Lipinski definition) is 0. The van der Waals surface area contributed by atoms with Crippen molar-refractivity contribution in [2.45, 2.75) is 38.6 Å². The van der Waals surface area contributed by atoms with Crippen molar-refractivity contribution in [3.63, 3.8) is 0 Å². The second-order valence-electron chi connectivity index (χ2n) is 5.50. The molecule has 17 heavy (non-hydrogen) atoms. The molecule has 1 aliphatic heterocycles. The summed E-state index contributed by atoms with van der Waals surface area (Å²) in [6.07, 6.45) is 1.18. The first-order valence-corrected chi connectivity index (χ1v) is 6.87. The SMILES string of the molecule is CC(C)N1CCC(C)(c2ccc(Cl)c(Cl)c2)C1. The molecular formula is C14H19Cl2N. The van der Waals surface area contributed by atoms with Gasteiger partial charge in [-0.3, -0.25) is 0 Å². The van der Waals surface area contributed by atoms with E-state index in [4.69, 9.17) is 23.2 Å². The number of halogens is 2. The van der Waals surface area contributed by atoms with E-state index >= 15 is 0 Å². The molecule has 1 aromatic carbocycles. The van der Waals surface area contributed by atoms with Crippen molar-refractivity contribution in [3.05, 3.63) is 33.8 Å². The van der Waals surface area contributed by atoms with Gasteiger partial charge in [0.15, 0.2) is 0 Å². The second kappa shape index (κ2) is 4.79. The number of rotatable bonds is 2. The Hall–Kier alpha value is -0.240. The van der Waals surface area contributed by atoms with E-state index in [1.54, 1.807) is 0 Å². The van der Waals surface area contributed by atoms with E-state index < -0.39 is 0 Å². The highest BCUT2D eigenvalue weighted by Gasteiger charge is 2.36. The van der Waals surface area contributed by atoms with Gasteiger partial charge < -0.3 is 4.90 Å². The van der Waals surface area contributed by atoms with Gasteiger partial charge in [-0.25, -0.2) is 0 Å². The molecule has 0 spiro atoms. The average molecular weight is 272 g/mol. The van der Waals surface area contributed by atoms with E-state index in [1.807, 2.05) is 12.1 Å². The molecular weight excluding hydrogens is 253 g/mol. The molecule has 0 N–H and O–H groups in total. The van der Waals surface area contributed by atoms with Crippen molar-refractivity contribution in [1.29, 1.82) is 0 Å². The van der Waals surface area contributed by atoms with Crippen LogP contribution in [0.1, 0.15) is 32.8 Å². The molecule has 0 saturated carbocycles. The largest absolute Gasteiger partial charge is 0.300 e. The third-order valence-electron chi connectivity index (χ3n) is 3.85. The van der Waals surface area contributed by atoms with E-state index in [9.17, 15) is 0 Å². The first-order chi connectivity index (χ1) is 7.92. The summed E-state index contributed by atoms with van der Waals surface area (Å²) in [6, 6.07) is 6.65. The molecule has 1 heterocycles. The van der Waals surface area contributed by atoms with Crippen LogP contribution in [0, 0.1) is 0 Å². The van der Waals surface area contributed by atoms with Crippen molar-refractivity contribution in [1.82, 2.24) is 4.90 Å². The second-order valence-corrected chi connectivity index (χ2v) is 6.32. The van der Waals surface area contributed by atoms with Crippen LogP contribution in [0.15, 0.2) is 18.2 Å². The van der Waals surface area contributed by atoms with Gasteiger partial charge in [0.2, 0.25) is 0 Å². The van der Waals surface area contributed by atoms with Crippen molar-refractivity contribution in [2.24, 2.45) is 0 Å². The van der Waals surface area contributed by atoms with E-state index in [0.717, 1.165) is 13.1 Å². The Bertz CT molecular complexity index is 417. The fourth-order valence-electron chi connectivity index (χ4n) is 2.54. The Morgan fingerprint density at radius 2 is 1.94 bits per heavy atom. The Morgan fingerprint density at radius 3 is 2.47 bits per heavy atom. The average Bonchev–Trinajstić information content (AvgIpc) is 2.66. The summed E-state index contributed by atoms with van der Waals surface area (Å²) in [7, 11) is 0. The Labute approximate surface area is 114 Å². The van der Waals surface area contributed by atoms with Gasteiger partial charge in [0.05, 0.1) is 10.0 Å². The van der Waals surface area contributed by atoms with Gasteiger partial charge in [-0.15, -0.1) is 0 Å². The third kappa shape index (κ3) is 2.62. The highest BCUT2D eigenvalue weighted by Crippen LogP contribution is 2.37. The fourth-order valence-corrected chi connectivity index (χ4v) is 2.84. The summed E-state index contributed by atoms with van der Waals surface area (Å²) < 4.78 is 0. The van der Waals surface area contributed by atoms with Gasteiger partial charge in [0, 0.05) is 18.0 Å². The smallest absolute Gasteiger partial charge is 0.0595 e. The number of benzene rings is 1. The molecule has 94 valence electrons. The maximum atomic E-state index is 6.11. The predicted octanol–water partition coefficient (Wildman–Crippen LogP) is 4.37. The molecule has 0 amide bonds. The van der Waals surface area contributed by atoms with Crippen LogP contribution < -0.4 is 0 Å². The van der Waals surface area contributed by atoms with Gasteiger partial charge in [-0.1, -0.05) is 36.2 Å².